The number of hydrogen-bond donors (Lipinski definition) is 0. The highest BCUT2D eigenvalue weighted by Gasteiger charge is 1.95. The maximum atomic E-state index is 10.2. The second-order valence-corrected chi connectivity index (χ2v) is 3.24. The molecule has 1 aromatic rings. The van der Waals surface area contributed by atoms with Crippen molar-refractivity contribution in [2.45, 2.75) is 26.2 Å². The quantitative estimate of drug-likeness (QED) is 0.639. The van der Waals surface area contributed by atoms with E-state index in [9.17, 15) is 5.11 Å². The Morgan fingerprint density at radius 1 is 1.14 bits per heavy atom. The van der Waals surface area contributed by atoms with Gasteiger partial charge in [-0.15, -0.1) is 0 Å². The Balaban J connectivity index is 2.38. The van der Waals surface area contributed by atoms with E-state index in [0.29, 0.717) is 6.61 Å². The molecule has 0 amide bonds. The summed E-state index contributed by atoms with van der Waals surface area (Å²) < 4.78 is 5.34. The summed E-state index contributed by atoms with van der Waals surface area (Å²) in [5, 5.41) is 10.2. The number of rotatable bonds is 6. The van der Waals surface area contributed by atoms with Gasteiger partial charge in [-0.05, 0) is 43.9 Å². The first-order chi connectivity index (χ1) is 6.86. The molecular weight excluding hydrogens is 176 g/mol. The van der Waals surface area contributed by atoms with Crippen molar-refractivity contribution in [3.63, 3.8) is 0 Å². The molecule has 0 heterocycles. The average molecular weight is 193 g/mol. The monoisotopic (exact) mass is 193 g/mol. The summed E-state index contributed by atoms with van der Waals surface area (Å²) >= 11 is 0. The Hall–Kier alpha value is -1.02. The topological polar surface area (TPSA) is 29.1 Å². The lowest BCUT2D eigenvalue weighted by molar-refractivity contribution is 0.187. The maximum Gasteiger partial charge on any atom is 0.119 e. The van der Waals surface area contributed by atoms with Gasteiger partial charge in [0.05, 0.1) is 13.2 Å². The van der Waals surface area contributed by atoms with Gasteiger partial charge in [-0.2, -0.15) is 0 Å². The molecule has 0 aliphatic heterocycles. The van der Waals surface area contributed by atoms with Gasteiger partial charge < -0.3 is 4.74 Å². The van der Waals surface area contributed by atoms with E-state index in [-0.39, 0.29) is 6.61 Å². The van der Waals surface area contributed by atoms with Crippen LogP contribution in [0.3, 0.4) is 0 Å². The second-order valence-electron chi connectivity index (χ2n) is 3.24. The molecule has 1 rings (SSSR count). The molecule has 1 aromatic carbocycles. The largest absolute Gasteiger partial charge is 0.494 e. The normalized spacial score (nSPS) is 10.1. The third-order valence-electron chi connectivity index (χ3n) is 2.09. The van der Waals surface area contributed by atoms with Gasteiger partial charge >= 0.3 is 0 Å². The smallest absolute Gasteiger partial charge is 0.119 e. The van der Waals surface area contributed by atoms with Crippen LogP contribution in [0.5, 0.6) is 5.75 Å². The molecule has 0 spiro atoms. The second kappa shape index (κ2) is 6.44. The highest BCUT2D eigenvalue weighted by molar-refractivity contribution is 5.27. The van der Waals surface area contributed by atoms with Crippen LogP contribution in [-0.2, 0) is 11.5 Å². The Morgan fingerprint density at radius 2 is 1.86 bits per heavy atom. The van der Waals surface area contributed by atoms with Crippen molar-refractivity contribution < 1.29 is 9.84 Å². The zero-order valence-electron chi connectivity index (χ0n) is 8.66. The van der Waals surface area contributed by atoms with E-state index in [2.05, 4.69) is 12.1 Å². The minimum atomic E-state index is 0.0387. The molecule has 14 heavy (non-hydrogen) atoms. The molecule has 1 radical (unpaired) electrons. The summed E-state index contributed by atoms with van der Waals surface area (Å²) in [6, 6.07) is 8.09. The van der Waals surface area contributed by atoms with E-state index in [1.807, 2.05) is 19.1 Å². The lowest BCUT2D eigenvalue weighted by Gasteiger charge is -2.04. The van der Waals surface area contributed by atoms with Crippen molar-refractivity contribution in [2.24, 2.45) is 0 Å². The number of benzene rings is 1. The molecule has 2 nitrogen and oxygen atoms in total. The molecule has 0 saturated heterocycles. The van der Waals surface area contributed by atoms with Crippen molar-refractivity contribution in [3.8, 4) is 5.75 Å². The molecule has 0 aliphatic rings. The Labute approximate surface area is 85.5 Å². The van der Waals surface area contributed by atoms with Crippen LogP contribution in [0.4, 0.5) is 0 Å². The molecular formula is C12H17O2. The van der Waals surface area contributed by atoms with Crippen molar-refractivity contribution >= 4 is 0 Å². The number of ether oxygens (including phenoxy) is 1. The zero-order chi connectivity index (χ0) is 10.2. The van der Waals surface area contributed by atoms with E-state index >= 15 is 0 Å². The Kier molecular flexibility index (Phi) is 5.08. The SMILES string of the molecule is CCOc1ccc(CCCC[O])cc1. The standard InChI is InChI=1S/C12H17O2/c1-2-14-12-8-6-11(7-9-12)5-3-4-10-13/h6-9H,2-5,10H2,1H3. The molecule has 2 heteroatoms. The van der Waals surface area contributed by atoms with Crippen molar-refractivity contribution in [2.75, 3.05) is 13.2 Å². The molecule has 0 aliphatic carbocycles. The van der Waals surface area contributed by atoms with Gasteiger partial charge in [-0.3, -0.25) is 0 Å². The average Bonchev–Trinajstić information content (AvgIpc) is 2.21. The van der Waals surface area contributed by atoms with Crippen LogP contribution in [-0.4, -0.2) is 13.2 Å². The van der Waals surface area contributed by atoms with Crippen molar-refractivity contribution in [1.29, 1.82) is 0 Å². The lowest BCUT2D eigenvalue weighted by Crippen LogP contribution is -1.92. The van der Waals surface area contributed by atoms with E-state index in [4.69, 9.17) is 4.74 Å². The summed E-state index contributed by atoms with van der Waals surface area (Å²) in [5.41, 5.74) is 1.28. The summed E-state index contributed by atoms with van der Waals surface area (Å²) in [6.45, 7) is 2.72. The van der Waals surface area contributed by atoms with Gasteiger partial charge in [-0.1, -0.05) is 12.1 Å². The van der Waals surface area contributed by atoms with Crippen LogP contribution in [0.2, 0.25) is 0 Å². The van der Waals surface area contributed by atoms with E-state index in [1.54, 1.807) is 0 Å². The molecule has 0 unspecified atom stereocenters. The molecule has 0 fully saturated rings. The summed E-state index contributed by atoms with van der Waals surface area (Å²) in [4.78, 5) is 0. The van der Waals surface area contributed by atoms with Crippen LogP contribution in [0.15, 0.2) is 24.3 Å². The number of aryl methyl sites for hydroxylation is 1. The Morgan fingerprint density at radius 3 is 2.43 bits per heavy atom. The molecule has 77 valence electrons. The maximum absolute atomic E-state index is 10.2. The summed E-state index contributed by atoms with van der Waals surface area (Å²) in [7, 11) is 0. The van der Waals surface area contributed by atoms with E-state index < -0.39 is 0 Å². The van der Waals surface area contributed by atoms with E-state index in [0.717, 1.165) is 25.0 Å². The number of unbranched alkanes of at least 4 members (excludes halogenated alkanes) is 1. The van der Waals surface area contributed by atoms with Gasteiger partial charge in [0, 0.05) is 0 Å². The third kappa shape index (κ3) is 3.79. The zero-order valence-corrected chi connectivity index (χ0v) is 8.66. The molecule has 0 aromatic heterocycles. The van der Waals surface area contributed by atoms with Gasteiger partial charge in [0.15, 0.2) is 0 Å². The molecule has 0 atom stereocenters. The molecule has 0 saturated carbocycles. The predicted molar refractivity (Wildman–Crippen MR) is 56.1 cm³/mol. The lowest BCUT2D eigenvalue weighted by atomic mass is 10.1. The van der Waals surface area contributed by atoms with Gasteiger partial charge in [0.25, 0.3) is 0 Å². The number of hydrogen-bond acceptors (Lipinski definition) is 1. The van der Waals surface area contributed by atoms with Crippen LogP contribution in [0, 0.1) is 0 Å². The first kappa shape index (κ1) is 11.1. The molecule has 0 N–H and O–H groups in total. The highest BCUT2D eigenvalue weighted by atomic mass is 16.5. The van der Waals surface area contributed by atoms with Crippen LogP contribution < -0.4 is 4.74 Å². The van der Waals surface area contributed by atoms with Crippen LogP contribution in [0.25, 0.3) is 0 Å². The van der Waals surface area contributed by atoms with Crippen molar-refractivity contribution in [1.82, 2.24) is 0 Å². The summed E-state index contributed by atoms with van der Waals surface area (Å²) in [5.74, 6) is 0.917. The van der Waals surface area contributed by atoms with Gasteiger partial charge in [-0.25, -0.2) is 5.11 Å². The fraction of sp³-hybridized carbons (Fsp3) is 0.500. The minimum absolute atomic E-state index is 0.0387. The molecule has 0 bridgehead atoms. The summed E-state index contributed by atoms with van der Waals surface area (Å²) in [6.07, 6.45) is 2.75. The van der Waals surface area contributed by atoms with E-state index in [1.165, 1.54) is 5.56 Å². The van der Waals surface area contributed by atoms with Crippen molar-refractivity contribution in [3.05, 3.63) is 29.8 Å². The first-order valence-corrected chi connectivity index (χ1v) is 5.16. The Bertz CT molecular complexity index is 241. The predicted octanol–water partition coefficient (Wildman–Crippen LogP) is 2.84. The van der Waals surface area contributed by atoms with Crippen LogP contribution >= 0.6 is 0 Å². The third-order valence-corrected chi connectivity index (χ3v) is 2.09. The first-order valence-electron chi connectivity index (χ1n) is 5.16. The van der Waals surface area contributed by atoms with Crippen LogP contribution in [0.1, 0.15) is 25.3 Å². The van der Waals surface area contributed by atoms with Gasteiger partial charge in [0.2, 0.25) is 0 Å². The van der Waals surface area contributed by atoms with Gasteiger partial charge in [0.1, 0.15) is 5.75 Å². The fourth-order valence-electron chi connectivity index (χ4n) is 1.35. The minimum Gasteiger partial charge on any atom is -0.494 e. The fourth-order valence-corrected chi connectivity index (χ4v) is 1.35. The highest BCUT2D eigenvalue weighted by Crippen LogP contribution is 2.13.